The first-order valence-corrected chi connectivity index (χ1v) is 10.8. The average Bonchev–Trinajstić information content (AvgIpc) is 3.10. The zero-order valence-electron chi connectivity index (χ0n) is 16.7. The molecule has 158 valence electrons. The van der Waals surface area contributed by atoms with E-state index in [2.05, 4.69) is 9.97 Å². The lowest BCUT2D eigenvalue weighted by Crippen LogP contribution is -2.13. The first kappa shape index (κ1) is 21.1. The zero-order valence-corrected chi connectivity index (χ0v) is 18.3. The highest BCUT2D eigenvalue weighted by Gasteiger charge is 2.20. The summed E-state index contributed by atoms with van der Waals surface area (Å²) in [6.07, 6.45) is 0.454. The summed E-state index contributed by atoms with van der Waals surface area (Å²) in [6, 6.07) is 16.6. The predicted octanol–water partition coefficient (Wildman–Crippen LogP) is 4.77. The van der Waals surface area contributed by atoms with Crippen LogP contribution in [0.5, 0.6) is 5.75 Å². The van der Waals surface area contributed by atoms with Crippen molar-refractivity contribution in [1.82, 2.24) is 9.97 Å². The second-order valence-corrected chi connectivity index (χ2v) is 8.29. The third kappa shape index (κ3) is 4.95. The van der Waals surface area contributed by atoms with Crippen LogP contribution < -0.4 is 10.3 Å². The number of hydrogen-bond donors (Lipinski definition) is 1. The van der Waals surface area contributed by atoms with Crippen LogP contribution >= 0.6 is 22.9 Å². The maximum atomic E-state index is 12.6. The molecule has 0 aliphatic heterocycles. The summed E-state index contributed by atoms with van der Waals surface area (Å²) in [5.41, 5.74) is 1.27. The molecule has 0 radical (unpaired) electrons. The molecule has 2 heterocycles. The van der Waals surface area contributed by atoms with Crippen LogP contribution in [0.3, 0.4) is 0 Å². The van der Waals surface area contributed by atoms with Crippen LogP contribution in [0.25, 0.3) is 10.2 Å². The fraction of sp³-hybridized carbons (Fsp3) is 0.174. The Hall–Kier alpha value is -3.16. The van der Waals surface area contributed by atoms with E-state index in [4.69, 9.17) is 21.1 Å². The number of benzene rings is 2. The van der Waals surface area contributed by atoms with E-state index in [0.717, 1.165) is 16.9 Å². The van der Waals surface area contributed by atoms with Gasteiger partial charge in [0.25, 0.3) is 5.56 Å². The van der Waals surface area contributed by atoms with Gasteiger partial charge in [0.15, 0.2) is 0 Å². The highest BCUT2D eigenvalue weighted by Crippen LogP contribution is 2.28. The van der Waals surface area contributed by atoms with Crippen molar-refractivity contribution < 1.29 is 14.3 Å². The molecule has 0 aliphatic rings. The number of carbonyl (C=O) groups excluding carboxylic acids is 1. The van der Waals surface area contributed by atoms with Crippen molar-refractivity contribution in [3.63, 3.8) is 0 Å². The Morgan fingerprint density at radius 1 is 1.10 bits per heavy atom. The first-order valence-electron chi connectivity index (χ1n) is 9.63. The molecule has 0 unspecified atom stereocenters. The van der Waals surface area contributed by atoms with Crippen molar-refractivity contribution in [1.29, 1.82) is 0 Å². The molecule has 4 aromatic rings. The summed E-state index contributed by atoms with van der Waals surface area (Å²) < 4.78 is 10.9. The van der Waals surface area contributed by atoms with Gasteiger partial charge in [-0.05, 0) is 42.3 Å². The number of aromatic amines is 1. The normalized spacial score (nSPS) is 10.9. The quantitative estimate of drug-likeness (QED) is 0.321. The monoisotopic (exact) mass is 454 g/mol. The molecule has 4 rings (SSSR count). The molecule has 6 nitrogen and oxygen atoms in total. The number of carbonyl (C=O) groups is 1. The van der Waals surface area contributed by atoms with E-state index in [1.165, 1.54) is 0 Å². The van der Waals surface area contributed by atoms with Crippen molar-refractivity contribution in [3.8, 4) is 5.75 Å². The lowest BCUT2D eigenvalue weighted by atomic mass is 10.1. The highest BCUT2D eigenvalue weighted by atomic mass is 35.5. The summed E-state index contributed by atoms with van der Waals surface area (Å²) in [4.78, 5) is 33.4. The zero-order chi connectivity index (χ0) is 21.8. The van der Waals surface area contributed by atoms with Crippen LogP contribution in [0.15, 0.2) is 59.4 Å². The fourth-order valence-electron chi connectivity index (χ4n) is 3.14. The van der Waals surface area contributed by atoms with Gasteiger partial charge in [-0.2, -0.15) is 0 Å². The summed E-state index contributed by atoms with van der Waals surface area (Å²) in [7, 11) is 0. The molecule has 0 spiro atoms. The number of thiophene rings is 1. The van der Waals surface area contributed by atoms with Gasteiger partial charge in [0.05, 0.1) is 5.39 Å². The fourth-order valence-corrected chi connectivity index (χ4v) is 4.36. The van der Waals surface area contributed by atoms with E-state index in [0.29, 0.717) is 43.7 Å². The SMILES string of the molecule is Cc1c(C(=O)OCCOc2ccccc2)sc2nc(Cc3ccc(Cl)cc3)[nH]c(=O)c12. The standard InChI is InChI=1S/C23H19ClN2O4S/c1-14-19-21(27)25-18(13-15-7-9-16(24)10-8-15)26-22(19)31-20(14)23(28)30-12-11-29-17-5-3-2-4-6-17/h2-10H,11-13H2,1H3,(H,25,26,27). The number of halogens is 1. The van der Waals surface area contributed by atoms with Gasteiger partial charge in [-0.25, -0.2) is 9.78 Å². The number of fused-ring (bicyclic) bond motifs is 1. The Labute approximate surface area is 187 Å². The van der Waals surface area contributed by atoms with Crippen molar-refractivity contribution in [2.75, 3.05) is 13.2 Å². The molecule has 0 aliphatic carbocycles. The molecule has 1 N–H and O–H groups in total. The van der Waals surface area contributed by atoms with Crippen LogP contribution in [-0.4, -0.2) is 29.2 Å². The van der Waals surface area contributed by atoms with Gasteiger partial charge in [-0.1, -0.05) is 41.9 Å². The Kier molecular flexibility index (Phi) is 6.34. The number of esters is 1. The molecule has 0 fully saturated rings. The van der Waals surface area contributed by atoms with Crippen LogP contribution in [0.1, 0.15) is 26.6 Å². The van der Waals surface area contributed by atoms with Crippen molar-refractivity contribution >= 4 is 39.1 Å². The third-order valence-corrected chi connectivity index (χ3v) is 6.07. The minimum Gasteiger partial charge on any atom is -0.490 e. The first-order chi connectivity index (χ1) is 15.0. The van der Waals surface area contributed by atoms with E-state index < -0.39 is 5.97 Å². The number of nitrogens with one attached hydrogen (secondary N) is 1. The number of ether oxygens (including phenoxy) is 2. The second kappa shape index (κ2) is 9.32. The number of H-pyrrole nitrogens is 1. The van der Waals surface area contributed by atoms with Gasteiger partial charge in [-0.15, -0.1) is 11.3 Å². The molecular weight excluding hydrogens is 436 g/mol. The summed E-state index contributed by atoms with van der Waals surface area (Å²) in [5, 5.41) is 1.06. The summed E-state index contributed by atoms with van der Waals surface area (Å²) in [5.74, 6) is 0.744. The van der Waals surface area contributed by atoms with Gasteiger partial charge < -0.3 is 14.5 Å². The van der Waals surface area contributed by atoms with Crippen LogP contribution in [0.2, 0.25) is 5.02 Å². The third-order valence-electron chi connectivity index (χ3n) is 4.65. The minimum atomic E-state index is -0.490. The van der Waals surface area contributed by atoms with E-state index in [1.54, 1.807) is 19.1 Å². The average molecular weight is 455 g/mol. The van der Waals surface area contributed by atoms with E-state index in [1.807, 2.05) is 42.5 Å². The van der Waals surface area contributed by atoms with Gasteiger partial charge in [-0.3, -0.25) is 4.79 Å². The number of rotatable bonds is 7. The van der Waals surface area contributed by atoms with E-state index in [9.17, 15) is 9.59 Å². The molecular formula is C23H19ClN2O4S. The second-order valence-electron chi connectivity index (χ2n) is 6.85. The van der Waals surface area contributed by atoms with Crippen molar-refractivity contribution in [3.05, 3.63) is 91.8 Å². The molecule has 8 heteroatoms. The smallest absolute Gasteiger partial charge is 0.348 e. The molecule has 0 amide bonds. The summed E-state index contributed by atoms with van der Waals surface area (Å²) >= 11 is 7.08. The topological polar surface area (TPSA) is 81.3 Å². The van der Waals surface area contributed by atoms with Crippen LogP contribution in [0.4, 0.5) is 0 Å². The molecule has 2 aromatic carbocycles. The van der Waals surface area contributed by atoms with Crippen LogP contribution in [-0.2, 0) is 11.2 Å². The Morgan fingerprint density at radius 2 is 1.84 bits per heavy atom. The van der Waals surface area contributed by atoms with Crippen molar-refractivity contribution in [2.24, 2.45) is 0 Å². The molecule has 0 atom stereocenters. The van der Waals surface area contributed by atoms with Gasteiger partial charge in [0.1, 0.15) is 34.5 Å². The maximum absolute atomic E-state index is 12.6. The minimum absolute atomic E-state index is 0.104. The largest absolute Gasteiger partial charge is 0.490 e. The molecule has 0 saturated heterocycles. The van der Waals surface area contributed by atoms with Gasteiger partial charge in [0.2, 0.25) is 0 Å². The highest BCUT2D eigenvalue weighted by molar-refractivity contribution is 7.20. The number of para-hydroxylation sites is 1. The molecule has 0 bridgehead atoms. The van der Waals surface area contributed by atoms with E-state index in [-0.39, 0.29) is 18.8 Å². The molecule has 2 aromatic heterocycles. The Bertz CT molecular complexity index is 1270. The van der Waals surface area contributed by atoms with Crippen molar-refractivity contribution in [2.45, 2.75) is 13.3 Å². The Balaban J connectivity index is 1.47. The predicted molar refractivity (Wildman–Crippen MR) is 121 cm³/mol. The number of hydrogen-bond acceptors (Lipinski definition) is 6. The number of nitrogens with zero attached hydrogens (tertiary/aromatic N) is 1. The number of aryl methyl sites for hydroxylation is 1. The summed E-state index contributed by atoms with van der Waals surface area (Å²) in [6.45, 7) is 2.07. The maximum Gasteiger partial charge on any atom is 0.348 e. The van der Waals surface area contributed by atoms with Gasteiger partial charge >= 0.3 is 5.97 Å². The lowest BCUT2D eigenvalue weighted by Gasteiger charge is -2.06. The lowest BCUT2D eigenvalue weighted by molar-refractivity contribution is 0.0455. The molecule has 31 heavy (non-hydrogen) atoms. The van der Waals surface area contributed by atoms with Gasteiger partial charge in [0, 0.05) is 11.4 Å². The van der Waals surface area contributed by atoms with E-state index >= 15 is 0 Å². The molecule has 0 saturated carbocycles. The number of aromatic nitrogens is 2. The Morgan fingerprint density at radius 3 is 2.58 bits per heavy atom. The van der Waals surface area contributed by atoms with Crippen LogP contribution in [0, 0.1) is 6.92 Å².